The molecule has 0 spiro atoms. The molecule has 1 aromatic rings. The van der Waals surface area contributed by atoms with Crippen LogP contribution in [-0.2, 0) is 12.3 Å². The summed E-state index contributed by atoms with van der Waals surface area (Å²) in [6, 6.07) is 0. The van der Waals surface area contributed by atoms with Crippen LogP contribution in [0, 0.1) is 0 Å². The van der Waals surface area contributed by atoms with Gasteiger partial charge in [-0.25, -0.2) is 4.98 Å². The Morgan fingerprint density at radius 2 is 2.19 bits per heavy atom. The second-order valence-corrected chi connectivity index (χ2v) is 6.40. The van der Waals surface area contributed by atoms with Gasteiger partial charge in [-0.15, -0.1) is 22.9 Å². The molecule has 6 heteroatoms. The number of unbranched alkanes of at least 4 members (excludes halogenated alkanes) is 1. The number of allylic oxidation sites excluding steroid dienone is 4. The van der Waals surface area contributed by atoms with Crippen molar-refractivity contribution in [1.29, 1.82) is 0 Å². The number of halogens is 4. The molecule has 1 heterocycles. The van der Waals surface area contributed by atoms with Crippen LogP contribution in [0.2, 0.25) is 0 Å². The monoisotopic (exact) mass is 335 g/mol. The summed E-state index contributed by atoms with van der Waals surface area (Å²) in [5, 5.41) is 0.866. The average molecular weight is 336 g/mol. The highest BCUT2D eigenvalue weighted by atomic mass is 35.5. The van der Waals surface area contributed by atoms with Crippen LogP contribution in [0.5, 0.6) is 0 Å². The lowest BCUT2D eigenvalue weighted by molar-refractivity contribution is -0.0886. The van der Waals surface area contributed by atoms with Crippen molar-refractivity contribution in [2.75, 3.05) is 0 Å². The van der Waals surface area contributed by atoms with Gasteiger partial charge in [0.1, 0.15) is 5.01 Å². The summed E-state index contributed by atoms with van der Waals surface area (Å²) in [6.07, 6.45) is 3.09. The molecule has 1 unspecified atom stereocenters. The zero-order valence-corrected chi connectivity index (χ0v) is 13.3. The van der Waals surface area contributed by atoms with Gasteiger partial charge in [-0.05, 0) is 19.3 Å². The molecular formula is C15H17ClF3NS. The first-order valence-corrected chi connectivity index (χ1v) is 8.30. The van der Waals surface area contributed by atoms with Gasteiger partial charge in [-0.1, -0.05) is 31.6 Å². The second-order valence-electron chi connectivity index (χ2n) is 5.02. The van der Waals surface area contributed by atoms with Crippen LogP contribution in [-0.4, -0.2) is 11.2 Å². The van der Waals surface area contributed by atoms with Crippen molar-refractivity contribution in [2.45, 2.75) is 50.6 Å². The molecule has 0 aromatic carbocycles. The molecule has 1 aliphatic rings. The molecule has 0 amide bonds. The maximum absolute atomic E-state index is 12.6. The highest BCUT2D eigenvalue weighted by molar-refractivity contribution is 7.12. The van der Waals surface area contributed by atoms with Gasteiger partial charge < -0.3 is 0 Å². The van der Waals surface area contributed by atoms with Crippen molar-refractivity contribution in [1.82, 2.24) is 4.98 Å². The predicted octanol–water partition coefficient (Wildman–Crippen LogP) is 5.76. The molecule has 0 saturated carbocycles. The maximum atomic E-state index is 12.6. The molecule has 0 radical (unpaired) electrons. The lowest BCUT2D eigenvalue weighted by Crippen LogP contribution is -2.13. The van der Waals surface area contributed by atoms with Gasteiger partial charge in [0.25, 0.3) is 0 Å². The zero-order valence-electron chi connectivity index (χ0n) is 11.7. The third-order valence-electron chi connectivity index (χ3n) is 3.43. The highest BCUT2D eigenvalue weighted by Gasteiger charge is 2.33. The molecule has 0 N–H and O–H groups in total. The van der Waals surface area contributed by atoms with Crippen molar-refractivity contribution in [2.24, 2.45) is 0 Å². The average Bonchev–Trinajstić information content (AvgIpc) is 2.87. The van der Waals surface area contributed by atoms with E-state index in [4.69, 9.17) is 11.6 Å². The van der Waals surface area contributed by atoms with Crippen LogP contribution in [0.3, 0.4) is 0 Å². The van der Waals surface area contributed by atoms with E-state index in [0.717, 1.165) is 40.9 Å². The number of hydrogen-bond acceptors (Lipinski definition) is 2. The van der Waals surface area contributed by atoms with Gasteiger partial charge in [-0.2, -0.15) is 13.2 Å². The molecule has 1 nitrogen and oxygen atoms in total. The Labute approximate surface area is 131 Å². The van der Waals surface area contributed by atoms with E-state index in [1.807, 2.05) is 0 Å². The maximum Gasteiger partial charge on any atom is 0.416 e. The summed E-state index contributed by atoms with van der Waals surface area (Å²) in [6.45, 7) is 2.11. The SMILES string of the molecule is CCCCc1nc(C2C=CC(C(F)(F)F)=CC2)sc1CCl. The van der Waals surface area contributed by atoms with Crippen molar-refractivity contribution >= 4 is 22.9 Å². The van der Waals surface area contributed by atoms with Gasteiger partial charge in [0.05, 0.1) is 17.1 Å². The van der Waals surface area contributed by atoms with E-state index in [-0.39, 0.29) is 5.92 Å². The first kappa shape index (κ1) is 16.6. The largest absolute Gasteiger partial charge is 0.416 e. The van der Waals surface area contributed by atoms with E-state index >= 15 is 0 Å². The van der Waals surface area contributed by atoms with Crippen LogP contribution in [0.4, 0.5) is 13.2 Å². The molecule has 116 valence electrons. The minimum atomic E-state index is -4.27. The molecule has 1 atom stereocenters. The number of rotatable bonds is 5. The Hall–Kier alpha value is -0.810. The van der Waals surface area contributed by atoms with E-state index in [0.29, 0.717) is 12.3 Å². The van der Waals surface area contributed by atoms with Crippen LogP contribution in [0.1, 0.15) is 47.7 Å². The fourth-order valence-corrected chi connectivity index (χ4v) is 3.59. The zero-order chi connectivity index (χ0) is 15.5. The van der Waals surface area contributed by atoms with Crippen LogP contribution >= 0.6 is 22.9 Å². The Kier molecular flexibility index (Phi) is 5.49. The summed E-state index contributed by atoms with van der Waals surface area (Å²) in [5.41, 5.74) is 0.435. The Balaban J connectivity index is 2.12. The minimum Gasteiger partial charge on any atom is -0.245 e. The summed E-state index contributed by atoms with van der Waals surface area (Å²) in [7, 11) is 0. The number of aromatic nitrogens is 1. The fraction of sp³-hybridized carbons (Fsp3) is 0.533. The standard InChI is InChI=1S/C15H17ClF3NS/c1-2-3-4-12-13(9-16)21-14(20-12)10-5-7-11(8-6-10)15(17,18)19/h5,7-8,10H,2-4,6,9H2,1H3. The first-order valence-electron chi connectivity index (χ1n) is 6.95. The second kappa shape index (κ2) is 6.97. The Morgan fingerprint density at radius 1 is 1.43 bits per heavy atom. The van der Waals surface area contributed by atoms with E-state index in [2.05, 4.69) is 11.9 Å². The quantitative estimate of drug-likeness (QED) is 0.624. The minimum absolute atomic E-state index is 0.0709. The molecule has 0 aliphatic heterocycles. The van der Waals surface area contributed by atoms with Crippen LogP contribution < -0.4 is 0 Å². The van der Waals surface area contributed by atoms with Crippen molar-refractivity contribution < 1.29 is 13.2 Å². The number of thiazole rings is 1. The first-order chi connectivity index (χ1) is 9.95. The number of alkyl halides is 4. The Bertz CT molecular complexity index is 546. The van der Waals surface area contributed by atoms with Gasteiger partial charge >= 0.3 is 6.18 Å². The van der Waals surface area contributed by atoms with Crippen molar-refractivity contribution in [3.63, 3.8) is 0 Å². The summed E-state index contributed by atoms with van der Waals surface area (Å²) >= 11 is 7.46. The van der Waals surface area contributed by atoms with Crippen LogP contribution in [0.15, 0.2) is 23.8 Å². The highest BCUT2D eigenvalue weighted by Crippen LogP contribution is 2.36. The lowest BCUT2D eigenvalue weighted by Gasteiger charge is -2.15. The van der Waals surface area contributed by atoms with E-state index in [1.165, 1.54) is 17.4 Å². The summed E-state index contributed by atoms with van der Waals surface area (Å²) in [5.74, 6) is 0.343. The third kappa shape index (κ3) is 4.10. The number of hydrogen-bond donors (Lipinski definition) is 0. The number of aryl methyl sites for hydroxylation is 1. The van der Waals surface area contributed by atoms with Crippen molar-refractivity contribution in [3.8, 4) is 0 Å². The van der Waals surface area contributed by atoms with E-state index in [9.17, 15) is 13.2 Å². The third-order valence-corrected chi connectivity index (χ3v) is 5.08. The van der Waals surface area contributed by atoms with Crippen LogP contribution in [0.25, 0.3) is 0 Å². The van der Waals surface area contributed by atoms with Gasteiger partial charge in [0.15, 0.2) is 0 Å². The molecule has 21 heavy (non-hydrogen) atoms. The van der Waals surface area contributed by atoms with E-state index < -0.39 is 11.7 Å². The summed E-state index contributed by atoms with van der Waals surface area (Å²) in [4.78, 5) is 5.64. The molecule has 2 rings (SSSR count). The van der Waals surface area contributed by atoms with E-state index in [1.54, 1.807) is 6.08 Å². The lowest BCUT2D eigenvalue weighted by atomic mass is 9.97. The Morgan fingerprint density at radius 3 is 2.71 bits per heavy atom. The molecule has 1 aliphatic carbocycles. The normalized spacial score (nSPS) is 18.9. The molecule has 0 fully saturated rings. The molecule has 1 aromatic heterocycles. The molecule has 0 saturated heterocycles. The smallest absolute Gasteiger partial charge is 0.245 e. The molecule has 0 bridgehead atoms. The predicted molar refractivity (Wildman–Crippen MR) is 80.9 cm³/mol. The summed E-state index contributed by atoms with van der Waals surface area (Å²) < 4.78 is 37.7. The van der Waals surface area contributed by atoms with Gasteiger partial charge in [-0.3, -0.25) is 0 Å². The molecular weight excluding hydrogens is 319 g/mol. The number of nitrogens with zero attached hydrogens (tertiary/aromatic N) is 1. The van der Waals surface area contributed by atoms with Gasteiger partial charge in [0.2, 0.25) is 0 Å². The fourth-order valence-electron chi connectivity index (χ4n) is 2.22. The van der Waals surface area contributed by atoms with Gasteiger partial charge in [0, 0.05) is 10.8 Å². The topological polar surface area (TPSA) is 12.9 Å². The van der Waals surface area contributed by atoms with Crippen molar-refractivity contribution in [3.05, 3.63) is 39.4 Å².